The normalized spacial score (nSPS) is 10.3. The number of anilines is 2. The largest absolute Gasteiger partial charge is 0.368 e. The summed E-state index contributed by atoms with van der Waals surface area (Å²) in [6.07, 6.45) is 0. The van der Waals surface area contributed by atoms with Crippen molar-refractivity contribution in [2.75, 3.05) is 17.7 Å². The van der Waals surface area contributed by atoms with Crippen molar-refractivity contribution in [1.82, 2.24) is 15.0 Å². The summed E-state index contributed by atoms with van der Waals surface area (Å²) in [5.41, 5.74) is 6.79. The van der Waals surface area contributed by atoms with Gasteiger partial charge >= 0.3 is 0 Å². The van der Waals surface area contributed by atoms with Crippen LogP contribution in [0.1, 0.15) is 11.4 Å². The highest BCUT2D eigenvalue weighted by Gasteiger charge is 2.08. The van der Waals surface area contributed by atoms with E-state index < -0.39 is 0 Å². The number of nitrogens with two attached hydrogens (primary N) is 1. The number of rotatable bonds is 4. The van der Waals surface area contributed by atoms with E-state index in [-0.39, 0.29) is 11.8 Å². The molecule has 0 aliphatic carbocycles. The molecule has 18 heavy (non-hydrogen) atoms. The van der Waals surface area contributed by atoms with Crippen molar-refractivity contribution < 1.29 is 0 Å². The van der Waals surface area contributed by atoms with Gasteiger partial charge in [-0.1, -0.05) is 30.3 Å². The van der Waals surface area contributed by atoms with Crippen molar-refractivity contribution in [3.8, 4) is 0 Å². The monoisotopic (exact) mass is 263 g/mol. The van der Waals surface area contributed by atoms with Crippen LogP contribution in [0.15, 0.2) is 30.3 Å². The molecule has 1 aromatic carbocycles. The molecule has 0 radical (unpaired) electrons. The van der Waals surface area contributed by atoms with Crippen LogP contribution >= 0.6 is 11.6 Å². The number of nitrogen functional groups attached to an aromatic ring is 1. The minimum absolute atomic E-state index is 0.190. The van der Waals surface area contributed by atoms with Crippen molar-refractivity contribution in [3.63, 3.8) is 0 Å². The molecule has 0 bridgehead atoms. The third-order valence-electron chi connectivity index (χ3n) is 2.41. The first-order chi connectivity index (χ1) is 8.69. The predicted octanol–water partition coefficient (Wildman–Crippen LogP) is 1.83. The summed E-state index contributed by atoms with van der Waals surface area (Å²) in [5.74, 6) is 1.43. The molecule has 0 aliphatic heterocycles. The standard InChI is InChI=1S/C12H14ClN5/c1-18(8-9-5-3-2-4-6-9)12-16-10(7-13)15-11(14)17-12/h2-6H,7-8H2,1H3,(H2,14,15,16,17). The predicted molar refractivity (Wildman–Crippen MR) is 72.3 cm³/mol. The van der Waals surface area contributed by atoms with E-state index in [1.54, 1.807) is 0 Å². The third-order valence-corrected chi connectivity index (χ3v) is 2.65. The van der Waals surface area contributed by atoms with Gasteiger partial charge in [0.1, 0.15) is 0 Å². The fraction of sp³-hybridized carbons (Fsp3) is 0.250. The maximum atomic E-state index is 5.71. The van der Waals surface area contributed by atoms with Crippen LogP contribution in [0.25, 0.3) is 0 Å². The van der Waals surface area contributed by atoms with Gasteiger partial charge < -0.3 is 10.6 Å². The lowest BCUT2D eigenvalue weighted by Gasteiger charge is -2.17. The van der Waals surface area contributed by atoms with Gasteiger partial charge in [-0.2, -0.15) is 15.0 Å². The molecule has 0 fully saturated rings. The van der Waals surface area contributed by atoms with Crippen LogP contribution in [0.5, 0.6) is 0 Å². The molecule has 94 valence electrons. The maximum Gasteiger partial charge on any atom is 0.230 e. The lowest BCUT2D eigenvalue weighted by Crippen LogP contribution is -2.20. The van der Waals surface area contributed by atoms with E-state index in [1.807, 2.05) is 42.3 Å². The molecule has 1 aromatic heterocycles. The molecule has 0 saturated heterocycles. The number of nitrogens with zero attached hydrogens (tertiary/aromatic N) is 4. The van der Waals surface area contributed by atoms with Crippen LogP contribution in [-0.4, -0.2) is 22.0 Å². The Hall–Kier alpha value is -1.88. The van der Waals surface area contributed by atoms with Crippen LogP contribution in [-0.2, 0) is 12.4 Å². The summed E-state index contributed by atoms with van der Waals surface area (Å²) in [5, 5.41) is 0. The second-order valence-electron chi connectivity index (χ2n) is 3.89. The van der Waals surface area contributed by atoms with Gasteiger partial charge in [-0.15, -0.1) is 11.6 Å². The number of halogens is 1. The second kappa shape index (κ2) is 5.64. The SMILES string of the molecule is CN(Cc1ccccc1)c1nc(N)nc(CCl)n1. The lowest BCUT2D eigenvalue weighted by atomic mass is 10.2. The molecular formula is C12H14ClN5. The molecule has 0 saturated carbocycles. The maximum absolute atomic E-state index is 5.71. The zero-order valence-electron chi connectivity index (χ0n) is 10.0. The molecule has 2 rings (SSSR count). The Kier molecular flexibility index (Phi) is 3.94. The van der Waals surface area contributed by atoms with Crippen molar-refractivity contribution in [3.05, 3.63) is 41.7 Å². The lowest BCUT2D eigenvalue weighted by molar-refractivity contribution is 0.839. The molecule has 0 amide bonds. The van der Waals surface area contributed by atoms with Gasteiger partial charge in [0.2, 0.25) is 11.9 Å². The number of alkyl halides is 1. The van der Waals surface area contributed by atoms with E-state index >= 15 is 0 Å². The molecular weight excluding hydrogens is 250 g/mol. The Labute approximate surface area is 111 Å². The fourth-order valence-electron chi connectivity index (χ4n) is 1.58. The number of benzene rings is 1. The highest BCUT2D eigenvalue weighted by atomic mass is 35.5. The van der Waals surface area contributed by atoms with E-state index in [9.17, 15) is 0 Å². The Morgan fingerprint density at radius 2 is 1.89 bits per heavy atom. The summed E-state index contributed by atoms with van der Waals surface area (Å²) in [7, 11) is 1.90. The number of hydrogen-bond donors (Lipinski definition) is 1. The number of aromatic nitrogens is 3. The summed E-state index contributed by atoms with van der Waals surface area (Å²) < 4.78 is 0. The Balaban J connectivity index is 2.18. The van der Waals surface area contributed by atoms with Crippen LogP contribution in [0, 0.1) is 0 Å². The van der Waals surface area contributed by atoms with E-state index in [2.05, 4.69) is 15.0 Å². The van der Waals surface area contributed by atoms with Gasteiger partial charge in [0.05, 0.1) is 5.88 Å². The van der Waals surface area contributed by atoms with Gasteiger partial charge in [0.25, 0.3) is 0 Å². The van der Waals surface area contributed by atoms with Crippen LogP contribution in [0.3, 0.4) is 0 Å². The molecule has 2 N–H and O–H groups in total. The zero-order valence-corrected chi connectivity index (χ0v) is 10.8. The average Bonchev–Trinajstić information content (AvgIpc) is 2.39. The molecule has 0 unspecified atom stereocenters. The first-order valence-corrected chi connectivity index (χ1v) is 6.04. The number of hydrogen-bond acceptors (Lipinski definition) is 5. The first-order valence-electron chi connectivity index (χ1n) is 5.50. The van der Waals surface area contributed by atoms with E-state index in [1.165, 1.54) is 5.56 Å². The highest BCUT2D eigenvalue weighted by Crippen LogP contribution is 2.12. The van der Waals surface area contributed by atoms with Crippen molar-refractivity contribution in [1.29, 1.82) is 0 Å². The van der Waals surface area contributed by atoms with Crippen molar-refractivity contribution in [2.24, 2.45) is 0 Å². The van der Waals surface area contributed by atoms with Crippen LogP contribution < -0.4 is 10.6 Å². The average molecular weight is 264 g/mol. The van der Waals surface area contributed by atoms with Crippen LogP contribution in [0.2, 0.25) is 0 Å². The smallest absolute Gasteiger partial charge is 0.230 e. The topological polar surface area (TPSA) is 67.9 Å². The van der Waals surface area contributed by atoms with Gasteiger partial charge in [0, 0.05) is 13.6 Å². The quantitative estimate of drug-likeness (QED) is 0.853. The Bertz CT molecular complexity index is 517. The van der Waals surface area contributed by atoms with E-state index in [0.29, 0.717) is 18.3 Å². The van der Waals surface area contributed by atoms with Crippen molar-refractivity contribution in [2.45, 2.75) is 12.4 Å². The van der Waals surface area contributed by atoms with Crippen LogP contribution in [0.4, 0.5) is 11.9 Å². The molecule has 5 nitrogen and oxygen atoms in total. The molecule has 1 heterocycles. The second-order valence-corrected chi connectivity index (χ2v) is 4.15. The van der Waals surface area contributed by atoms with Gasteiger partial charge in [-0.05, 0) is 5.56 Å². The van der Waals surface area contributed by atoms with Gasteiger partial charge in [-0.3, -0.25) is 0 Å². The zero-order chi connectivity index (χ0) is 13.0. The Morgan fingerprint density at radius 1 is 1.17 bits per heavy atom. The third kappa shape index (κ3) is 3.07. The summed E-state index contributed by atoms with van der Waals surface area (Å²) in [4.78, 5) is 14.2. The van der Waals surface area contributed by atoms with Gasteiger partial charge in [0.15, 0.2) is 5.82 Å². The van der Waals surface area contributed by atoms with E-state index in [4.69, 9.17) is 17.3 Å². The molecule has 0 aliphatic rings. The molecule has 6 heteroatoms. The summed E-state index contributed by atoms with van der Waals surface area (Å²) in [6, 6.07) is 10.1. The highest BCUT2D eigenvalue weighted by molar-refractivity contribution is 6.16. The fourth-order valence-corrected chi connectivity index (χ4v) is 1.70. The minimum Gasteiger partial charge on any atom is -0.368 e. The molecule has 0 atom stereocenters. The first kappa shape index (κ1) is 12.6. The summed E-state index contributed by atoms with van der Waals surface area (Å²) >= 11 is 5.71. The van der Waals surface area contributed by atoms with E-state index in [0.717, 1.165) is 0 Å². The minimum atomic E-state index is 0.190. The van der Waals surface area contributed by atoms with Gasteiger partial charge in [-0.25, -0.2) is 0 Å². The van der Waals surface area contributed by atoms with Crippen molar-refractivity contribution >= 4 is 23.5 Å². The summed E-state index contributed by atoms with van der Waals surface area (Å²) in [6.45, 7) is 0.700. The molecule has 0 spiro atoms. The molecule has 2 aromatic rings. The Morgan fingerprint density at radius 3 is 2.56 bits per heavy atom.